The van der Waals surface area contributed by atoms with Crippen molar-refractivity contribution >= 4 is 69.2 Å². The van der Waals surface area contributed by atoms with E-state index in [0.717, 1.165) is 10.5 Å². The van der Waals surface area contributed by atoms with Gasteiger partial charge in [0.15, 0.2) is 0 Å². The molecule has 9 heteroatoms. The Morgan fingerprint density at radius 3 is 2.40 bits per heavy atom. The molecule has 1 N–H and O–H groups in total. The number of ether oxygens (including phenoxy) is 1. The van der Waals surface area contributed by atoms with Gasteiger partial charge in [-0.2, -0.15) is 0 Å². The molecule has 3 aromatic rings. The summed E-state index contributed by atoms with van der Waals surface area (Å²) < 4.78 is 6.07. The quantitative estimate of drug-likeness (QED) is 0.199. The summed E-state index contributed by atoms with van der Waals surface area (Å²) in [7, 11) is 0. The molecular formula is C26H16BrClN2O5. The van der Waals surface area contributed by atoms with Gasteiger partial charge in [0.2, 0.25) is 0 Å². The summed E-state index contributed by atoms with van der Waals surface area (Å²) in [5.41, 5.74) is 1.03. The number of carbonyl (C=O) groups excluding carboxylic acids is 4. The largest absolute Gasteiger partial charge is 0.423 e. The molecule has 0 bridgehead atoms. The number of benzene rings is 3. The molecule has 7 nitrogen and oxygen atoms in total. The fraction of sp³-hybridized carbons (Fsp3) is 0. The molecule has 0 atom stereocenters. The second-order valence-electron chi connectivity index (χ2n) is 7.28. The number of halogens is 2. The van der Waals surface area contributed by atoms with Crippen LogP contribution in [0.5, 0.6) is 5.75 Å². The average Bonchev–Trinajstić information content (AvgIpc) is 2.84. The summed E-state index contributed by atoms with van der Waals surface area (Å²) in [6.45, 7) is 0. The van der Waals surface area contributed by atoms with Gasteiger partial charge in [-0.05, 0) is 60.2 Å². The van der Waals surface area contributed by atoms with Gasteiger partial charge in [-0.1, -0.05) is 57.9 Å². The highest BCUT2D eigenvalue weighted by atomic mass is 79.9. The Kier molecular flexibility index (Phi) is 7.24. The smallest absolute Gasteiger partial charge is 0.336 e. The van der Waals surface area contributed by atoms with Gasteiger partial charge in [-0.3, -0.25) is 14.9 Å². The van der Waals surface area contributed by atoms with Crippen molar-refractivity contribution < 1.29 is 23.9 Å². The maximum Gasteiger partial charge on any atom is 0.336 e. The van der Waals surface area contributed by atoms with Crippen molar-refractivity contribution in [1.29, 1.82) is 0 Å². The number of barbiturate groups is 1. The molecule has 35 heavy (non-hydrogen) atoms. The molecule has 1 saturated heterocycles. The van der Waals surface area contributed by atoms with Crippen molar-refractivity contribution in [3.63, 3.8) is 0 Å². The predicted molar refractivity (Wildman–Crippen MR) is 136 cm³/mol. The van der Waals surface area contributed by atoms with Crippen molar-refractivity contribution in [2.45, 2.75) is 0 Å². The zero-order valence-corrected chi connectivity index (χ0v) is 20.2. The van der Waals surface area contributed by atoms with Crippen molar-refractivity contribution in [1.82, 2.24) is 5.32 Å². The maximum absolute atomic E-state index is 13.1. The Morgan fingerprint density at radius 1 is 0.971 bits per heavy atom. The van der Waals surface area contributed by atoms with E-state index in [2.05, 4.69) is 21.2 Å². The molecule has 174 valence electrons. The van der Waals surface area contributed by atoms with Crippen LogP contribution in [-0.4, -0.2) is 23.8 Å². The molecule has 0 aromatic heterocycles. The summed E-state index contributed by atoms with van der Waals surface area (Å²) in [5.74, 6) is -2.22. The molecule has 1 fully saturated rings. The zero-order chi connectivity index (χ0) is 24.9. The zero-order valence-electron chi connectivity index (χ0n) is 17.9. The van der Waals surface area contributed by atoms with Crippen LogP contribution in [0.1, 0.15) is 11.1 Å². The van der Waals surface area contributed by atoms with Gasteiger partial charge < -0.3 is 4.74 Å². The van der Waals surface area contributed by atoms with Crippen molar-refractivity contribution in [2.24, 2.45) is 0 Å². The van der Waals surface area contributed by atoms with Crippen molar-refractivity contribution in [3.8, 4) is 5.75 Å². The molecule has 1 aliphatic rings. The molecule has 4 rings (SSSR count). The lowest BCUT2D eigenvalue weighted by atomic mass is 10.1. The Bertz CT molecular complexity index is 1380. The maximum atomic E-state index is 13.1. The minimum Gasteiger partial charge on any atom is -0.423 e. The van der Waals surface area contributed by atoms with Crippen LogP contribution in [0.4, 0.5) is 10.5 Å². The van der Waals surface area contributed by atoms with E-state index in [-0.39, 0.29) is 22.6 Å². The van der Waals surface area contributed by atoms with E-state index in [0.29, 0.717) is 9.50 Å². The van der Waals surface area contributed by atoms with Gasteiger partial charge in [0, 0.05) is 21.1 Å². The highest BCUT2D eigenvalue weighted by molar-refractivity contribution is 9.10. The Labute approximate surface area is 213 Å². The standard InChI is InChI=1S/C26H16BrClN2O5/c27-18-7-12-22(35-23(31)13-6-16-4-2-1-3-5-16)17(14-18)15-21-24(32)29-26(34)30(25(21)33)20-10-8-19(28)9-11-20/h1-15H,(H,29,32,34)/b13-6+,21-15-. The lowest BCUT2D eigenvalue weighted by Gasteiger charge is -2.26. The van der Waals surface area contributed by atoms with Crippen LogP contribution in [0.25, 0.3) is 12.2 Å². The van der Waals surface area contributed by atoms with E-state index >= 15 is 0 Å². The number of nitrogens with zero attached hydrogens (tertiary/aromatic N) is 1. The summed E-state index contributed by atoms with van der Waals surface area (Å²) in [6.07, 6.45) is 4.14. The van der Waals surface area contributed by atoms with Gasteiger partial charge in [-0.15, -0.1) is 0 Å². The number of esters is 1. The van der Waals surface area contributed by atoms with Gasteiger partial charge in [0.1, 0.15) is 11.3 Å². The SMILES string of the molecule is O=C(/C=C/c1ccccc1)Oc1ccc(Br)cc1/C=C1/C(=O)NC(=O)N(c2ccc(Cl)cc2)C1=O. The third kappa shape index (κ3) is 5.74. The lowest BCUT2D eigenvalue weighted by molar-refractivity contribution is -0.129. The number of rotatable bonds is 5. The minimum absolute atomic E-state index is 0.124. The van der Waals surface area contributed by atoms with E-state index in [1.54, 1.807) is 18.2 Å². The highest BCUT2D eigenvalue weighted by Gasteiger charge is 2.37. The van der Waals surface area contributed by atoms with Gasteiger partial charge >= 0.3 is 12.0 Å². The first kappa shape index (κ1) is 24.1. The molecule has 1 aliphatic heterocycles. The van der Waals surface area contributed by atoms with Crippen LogP contribution >= 0.6 is 27.5 Å². The fourth-order valence-electron chi connectivity index (χ4n) is 3.23. The summed E-state index contributed by atoms with van der Waals surface area (Å²) >= 11 is 9.23. The topological polar surface area (TPSA) is 92.8 Å². The second kappa shape index (κ2) is 10.5. The number of carbonyl (C=O) groups is 4. The first-order valence-corrected chi connectivity index (χ1v) is 11.4. The third-order valence-corrected chi connectivity index (χ3v) is 5.63. The molecule has 0 saturated carbocycles. The van der Waals surface area contributed by atoms with Crippen LogP contribution in [-0.2, 0) is 14.4 Å². The number of urea groups is 1. The molecule has 4 amide bonds. The molecule has 0 radical (unpaired) electrons. The third-order valence-electron chi connectivity index (χ3n) is 4.88. The van der Waals surface area contributed by atoms with Crippen LogP contribution in [0, 0.1) is 0 Å². The van der Waals surface area contributed by atoms with Gasteiger partial charge in [0.25, 0.3) is 11.8 Å². The summed E-state index contributed by atoms with van der Waals surface area (Å²) in [6, 6.07) is 19.1. The van der Waals surface area contributed by atoms with E-state index in [1.807, 2.05) is 30.3 Å². The summed E-state index contributed by atoms with van der Waals surface area (Å²) in [5, 5.41) is 2.58. The van der Waals surface area contributed by atoms with E-state index < -0.39 is 23.8 Å². The first-order valence-electron chi connectivity index (χ1n) is 10.2. The summed E-state index contributed by atoms with van der Waals surface area (Å²) in [4.78, 5) is 51.3. The van der Waals surface area contributed by atoms with E-state index in [9.17, 15) is 19.2 Å². The molecule has 3 aromatic carbocycles. The molecular weight excluding hydrogens is 536 g/mol. The van der Waals surface area contributed by atoms with Crippen molar-refractivity contribution in [3.05, 3.63) is 105 Å². The second-order valence-corrected chi connectivity index (χ2v) is 8.63. The number of anilines is 1. The van der Waals surface area contributed by atoms with Crippen LogP contribution in [0.3, 0.4) is 0 Å². The Morgan fingerprint density at radius 2 is 1.69 bits per heavy atom. The van der Waals surface area contributed by atoms with Gasteiger partial charge in [0.05, 0.1) is 5.69 Å². The lowest BCUT2D eigenvalue weighted by Crippen LogP contribution is -2.54. The van der Waals surface area contributed by atoms with E-state index in [4.69, 9.17) is 16.3 Å². The Balaban J connectivity index is 1.64. The van der Waals surface area contributed by atoms with Gasteiger partial charge in [-0.25, -0.2) is 14.5 Å². The fourth-order valence-corrected chi connectivity index (χ4v) is 3.74. The van der Waals surface area contributed by atoms with E-state index in [1.165, 1.54) is 42.5 Å². The molecule has 1 heterocycles. The molecule has 0 unspecified atom stereocenters. The van der Waals surface area contributed by atoms with Crippen LogP contribution in [0.15, 0.2) is 88.9 Å². The first-order chi connectivity index (χ1) is 16.8. The minimum atomic E-state index is -0.883. The normalized spacial score (nSPS) is 15.0. The number of hydrogen-bond donors (Lipinski definition) is 1. The predicted octanol–water partition coefficient (Wildman–Crippen LogP) is 5.39. The monoisotopic (exact) mass is 550 g/mol. The molecule has 0 aliphatic carbocycles. The van der Waals surface area contributed by atoms with Crippen LogP contribution < -0.4 is 15.0 Å². The van der Waals surface area contributed by atoms with Crippen molar-refractivity contribution in [2.75, 3.05) is 4.90 Å². The highest BCUT2D eigenvalue weighted by Crippen LogP contribution is 2.28. The number of imide groups is 2. The average molecular weight is 552 g/mol. The van der Waals surface area contributed by atoms with Crippen LogP contribution in [0.2, 0.25) is 5.02 Å². The Hall–Kier alpha value is -4.01. The number of nitrogens with one attached hydrogen (secondary N) is 1. The number of amides is 4. The number of hydrogen-bond acceptors (Lipinski definition) is 5. The molecule has 0 spiro atoms.